The van der Waals surface area contributed by atoms with Gasteiger partial charge in [0.2, 0.25) is 11.8 Å². The van der Waals surface area contributed by atoms with Crippen molar-refractivity contribution in [3.05, 3.63) is 0 Å². The van der Waals surface area contributed by atoms with Crippen LogP contribution in [-0.4, -0.2) is 48.6 Å². The van der Waals surface area contributed by atoms with E-state index < -0.39 is 0 Å². The third kappa shape index (κ3) is 4.56. The van der Waals surface area contributed by atoms with Gasteiger partial charge in [0, 0.05) is 19.2 Å². The maximum atomic E-state index is 12.2. The van der Waals surface area contributed by atoms with Crippen LogP contribution in [0.4, 0.5) is 0 Å². The van der Waals surface area contributed by atoms with Crippen molar-refractivity contribution in [2.24, 2.45) is 0 Å². The third-order valence-electron chi connectivity index (χ3n) is 3.77. The van der Waals surface area contributed by atoms with E-state index in [2.05, 4.69) is 12.2 Å². The van der Waals surface area contributed by atoms with E-state index >= 15 is 0 Å². The molecule has 0 radical (unpaired) electrons. The van der Waals surface area contributed by atoms with Crippen molar-refractivity contribution in [1.29, 1.82) is 0 Å². The summed E-state index contributed by atoms with van der Waals surface area (Å²) in [5, 5.41) is 3.13. The lowest BCUT2D eigenvalue weighted by Gasteiger charge is -2.24. The number of ether oxygens (including phenoxy) is 1. The minimum atomic E-state index is -0.363. The van der Waals surface area contributed by atoms with E-state index in [4.69, 9.17) is 4.74 Å². The predicted octanol–water partition coefficient (Wildman–Crippen LogP) is 1.71. The predicted molar refractivity (Wildman–Crippen MR) is 78.4 cm³/mol. The molecule has 0 aromatic carbocycles. The zero-order chi connectivity index (χ0) is 15.0. The molecular formula is C15H28N2O3. The zero-order valence-corrected chi connectivity index (χ0v) is 13.0. The van der Waals surface area contributed by atoms with E-state index in [1.807, 2.05) is 13.8 Å². The molecule has 5 nitrogen and oxygen atoms in total. The van der Waals surface area contributed by atoms with E-state index in [0.717, 1.165) is 32.3 Å². The fourth-order valence-electron chi connectivity index (χ4n) is 2.50. The molecule has 1 unspecified atom stereocenters. The standard InChI is InChI=1S/C15H28N2O3/c1-4-7-9-20-10-8-16-13-11-14(18)17(15(13)19)12(5-2)6-3/h12-13,16H,4-11H2,1-3H3. The Labute approximate surface area is 122 Å². The molecule has 1 rings (SSSR count). The average Bonchev–Trinajstić information content (AvgIpc) is 2.72. The number of unbranched alkanes of at least 4 members (excludes halogenated alkanes) is 1. The summed E-state index contributed by atoms with van der Waals surface area (Å²) < 4.78 is 5.44. The molecular weight excluding hydrogens is 256 g/mol. The van der Waals surface area contributed by atoms with Crippen LogP contribution >= 0.6 is 0 Å². The second-order valence-corrected chi connectivity index (χ2v) is 5.25. The SMILES string of the molecule is CCCCOCCNC1CC(=O)N(C(CC)CC)C1=O. The number of nitrogens with one attached hydrogen (secondary N) is 1. The summed E-state index contributed by atoms with van der Waals surface area (Å²) in [7, 11) is 0. The van der Waals surface area contributed by atoms with Crippen molar-refractivity contribution in [3.63, 3.8) is 0 Å². The number of hydrogen-bond donors (Lipinski definition) is 1. The zero-order valence-electron chi connectivity index (χ0n) is 13.0. The largest absolute Gasteiger partial charge is 0.380 e. The minimum Gasteiger partial charge on any atom is -0.380 e. The van der Waals surface area contributed by atoms with E-state index in [9.17, 15) is 9.59 Å². The summed E-state index contributed by atoms with van der Waals surface area (Å²) in [6.45, 7) is 8.10. The van der Waals surface area contributed by atoms with Gasteiger partial charge in [-0.1, -0.05) is 27.2 Å². The Bertz CT molecular complexity index is 316. The lowest BCUT2D eigenvalue weighted by atomic mass is 10.1. The second kappa shape index (κ2) is 9.08. The van der Waals surface area contributed by atoms with Crippen molar-refractivity contribution >= 4 is 11.8 Å². The van der Waals surface area contributed by atoms with Crippen LogP contribution in [0.25, 0.3) is 0 Å². The van der Waals surface area contributed by atoms with Gasteiger partial charge < -0.3 is 10.1 Å². The molecule has 5 heteroatoms. The highest BCUT2D eigenvalue weighted by Crippen LogP contribution is 2.19. The summed E-state index contributed by atoms with van der Waals surface area (Å²) in [5.41, 5.74) is 0. The second-order valence-electron chi connectivity index (χ2n) is 5.25. The van der Waals surface area contributed by atoms with Gasteiger partial charge >= 0.3 is 0 Å². The third-order valence-corrected chi connectivity index (χ3v) is 3.77. The van der Waals surface area contributed by atoms with Gasteiger partial charge in [0.05, 0.1) is 19.1 Å². The van der Waals surface area contributed by atoms with Gasteiger partial charge in [0.25, 0.3) is 0 Å². The van der Waals surface area contributed by atoms with Crippen molar-refractivity contribution in [2.75, 3.05) is 19.8 Å². The molecule has 1 aliphatic heterocycles. The van der Waals surface area contributed by atoms with Gasteiger partial charge in [0.1, 0.15) is 0 Å². The van der Waals surface area contributed by atoms with Crippen molar-refractivity contribution in [2.45, 2.75) is 65.0 Å². The Morgan fingerprint density at radius 3 is 2.55 bits per heavy atom. The average molecular weight is 284 g/mol. The first-order valence-corrected chi connectivity index (χ1v) is 7.82. The molecule has 1 N–H and O–H groups in total. The molecule has 116 valence electrons. The maximum Gasteiger partial charge on any atom is 0.247 e. The number of hydrogen-bond acceptors (Lipinski definition) is 4. The molecule has 0 aromatic heterocycles. The summed E-state index contributed by atoms with van der Waals surface area (Å²) in [6.07, 6.45) is 4.10. The van der Waals surface area contributed by atoms with Crippen molar-refractivity contribution < 1.29 is 14.3 Å². The molecule has 0 saturated carbocycles. The molecule has 2 amide bonds. The van der Waals surface area contributed by atoms with Gasteiger partial charge in [0.15, 0.2) is 0 Å². The Hall–Kier alpha value is -0.940. The molecule has 1 aliphatic rings. The van der Waals surface area contributed by atoms with Crippen LogP contribution in [0.15, 0.2) is 0 Å². The Morgan fingerprint density at radius 2 is 1.95 bits per heavy atom. The molecule has 0 aliphatic carbocycles. The Morgan fingerprint density at radius 1 is 1.25 bits per heavy atom. The van der Waals surface area contributed by atoms with Crippen molar-refractivity contribution in [3.8, 4) is 0 Å². The first-order valence-electron chi connectivity index (χ1n) is 7.82. The molecule has 0 aromatic rings. The lowest BCUT2D eigenvalue weighted by molar-refractivity contribution is -0.141. The fraction of sp³-hybridized carbons (Fsp3) is 0.867. The Balaban J connectivity index is 2.34. The monoisotopic (exact) mass is 284 g/mol. The number of imide groups is 1. The van der Waals surface area contributed by atoms with Gasteiger partial charge in [-0.25, -0.2) is 0 Å². The fourth-order valence-corrected chi connectivity index (χ4v) is 2.50. The normalized spacial score (nSPS) is 19.4. The van der Waals surface area contributed by atoms with Gasteiger partial charge in [-0.05, 0) is 19.3 Å². The minimum absolute atomic E-state index is 0.0441. The summed E-state index contributed by atoms with van der Waals surface area (Å²) >= 11 is 0. The van der Waals surface area contributed by atoms with Crippen LogP contribution in [0.2, 0.25) is 0 Å². The quantitative estimate of drug-likeness (QED) is 0.490. The van der Waals surface area contributed by atoms with Gasteiger partial charge in [-0.3, -0.25) is 14.5 Å². The van der Waals surface area contributed by atoms with Crippen LogP contribution in [0.5, 0.6) is 0 Å². The molecule has 1 saturated heterocycles. The summed E-state index contributed by atoms with van der Waals surface area (Å²) in [5.74, 6) is -0.120. The van der Waals surface area contributed by atoms with E-state index in [-0.39, 0.29) is 30.3 Å². The number of nitrogens with zero attached hydrogens (tertiary/aromatic N) is 1. The number of carbonyl (C=O) groups excluding carboxylic acids is 2. The van der Waals surface area contributed by atoms with Crippen LogP contribution in [-0.2, 0) is 14.3 Å². The van der Waals surface area contributed by atoms with Crippen LogP contribution in [0.3, 0.4) is 0 Å². The molecule has 1 fully saturated rings. The van der Waals surface area contributed by atoms with Crippen LogP contribution < -0.4 is 5.32 Å². The number of likely N-dealkylation sites (tertiary alicyclic amines) is 1. The number of carbonyl (C=O) groups is 2. The van der Waals surface area contributed by atoms with Crippen LogP contribution in [0, 0.1) is 0 Å². The molecule has 0 bridgehead atoms. The van der Waals surface area contributed by atoms with E-state index in [1.165, 1.54) is 4.90 Å². The number of rotatable bonds is 10. The lowest BCUT2D eigenvalue weighted by Crippen LogP contribution is -2.44. The Kier molecular flexibility index (Phi) is 7.77. The van der Waals surface area contributed by atoms with Crippen molar-refractivity contribution in [1.82, 2.24) is 10.2 Å². The van der Waals surface area contributed by atoms with E-state index in [1.54, 1.807) is 0 Å². The highest BCUT2D eigenvalue weighted by atomic mass is 16.5. The van der Waals surface area contributed by atoms with E-state index in [0.29, 0.717) is 13.2 Å². The smallest absolute Gasteiger partial charge is 0.247 e. The first kappa shape index (κ1) is 17.1. The highest BCUT2D eigenvalue weighted by Gasteiger charge is 2.40. The molecule has 1 heterocycles. The number of amides is 2. The topological polar surface area (TPSA) is 58.6 Å². The molecule has 1 atom stereocenters. The van der Waals surface area contributed by atoms with Gasteiger partial charge in [-0.15, -0.1) is 0 Å². The summed E-state index contributed by atoms with van der Waals surface area (Å²) in [6, 6.07) is -0.319. The summed E-state index contributed by atoms with van der Waals surface area (Å²) in [4.78, 5) is 25.7. The van der Waals surface area contributed by atoms with Gasteiger partial charge in [-0.2, -0.15) is 0 Å². The van der Waals surface area contributed by atoms with Crippen LogP contribution in [0.1, 0.15) is 52.9 Å². The highest BCUT2D eigenvalue weighted by molar-refractivity contribution is 6.05. The molecule has 20 heavy (non-hydrogen) atoms. The molecule has 0 spiro atoms. The maximum absolute atomic E-state index is 12.2. The first-order chi connectivity index (χ1) is 9.65.